The van der Waals surface area contributed by atoms with Gasteiger partial charge in [0.15, 0.2) is 5.13 Å². The first-order valence-corrected chi connectivity index (χ1v) is 12.3. The summed E-state index contributed by atoms with van der Waals surface area (Å²) in [5.41, 5.74) is 2.36. The molecule has 1 aromatic heterocycles. The minimum atomic E-state index is -0.580. The third-order valence-electron chi connectivity index (χ3n) is 4.97. The molecule has 2 amide bonds. The van der Waals surface area contributed by atoms with Crippen LogP contribution in [0.3, 0.4) is 0 Å². The van der Waals surface area contributed by atoms with Crippen molar-refractivity contribution in [1.82, 2.24) is 4.98 Å². The van der Waals surface area contributed by atoms with Gasteiger partial charge in [-0.25, -0.2) is 9.37 Å². The van der Waals surface area contributed by atoms with Gasteiger partial charge < -0.3 is 10.6 Å². The number of carbonyl (C=O) groups is 2. The lowest BCUT2D eigenvalue weighted by Crippen LogP contribution is -2.22. The fourth-order valence-electron chi connectivity index (χ4n) is 3.27. The van der Waals surface area contributed by atoms with Crippen LogP contribution in [-0.2, 0) is 4.79 Å². The van der Waals surface area contributed by atoms with E-state index in [0.29, 0.717) is 10.8 Å². The van der Waals surface area contributed by atoms with E-state index < -0.39 is 17.0 Å². The van der Waals surface area contributed by atoms with Gasteiger partial charge in [0.2, 0.25) is 5.91 Å². The van der Waals surface area contributed by atoms with Crippen molar-refractivity contribution in [2.45, 2.75) is 24.0 Å². The number of nitrogens with one attached hydrogen (secondary N) is 2. The first kappa shape index (κ1) is 23.7. The second kappa shape index (κ2) is 10.6. The molecule has 0 aliphatic rings. The first-order chi connectivity index (χ1) is 16.4. The molecular weight excluding hydrogens is 469 g/mol. The zero-order chi connectivity index (χ0) is 24.1. The topological polar surface area (TPSA) is 71.1 Å². The molecule has 34 heavy (non-hydrogen) atoms. The van der Waals surface area contributed by atoms with Crippen molar-refractivity contribution in [3.63, 3.8) is 0 Å². The Kier molecular flexibility index (Phi) is 7.40. The lowest BCUT2D eigenvalue weighted by atomic mass is 10.1. The van der Waals surface area contributed by atoms with E-state index >= 15 is 0 Å². The van der Waals surface area contributed by atoms with Crippen molar-refractivity contribution >= 4 is 45.7 Å². The molecule has 0 saturated carbocycles. The number of thiazole rings is 1. The molecule has 8 heteroatoms. The summed E-state index contributed by atoms with van der Waals surface area (Å²) in [5.74, 6) is -1.28. The molecule has 1 heterocycles. The second-order valence-electron chi connectivity index (χ2n) is 7.50. The molecule has 1 atom stereocenters. The number of hydrogen-bond donors (Lipinski definition) is 2. The van der Waals surface area contributed by atoms with E-state index in [1.165, 1.54) is 41.3 Å². The van der Waals surface area contributed by atoms with Crippen molar-refractivity contribution < 1.29 is 14.0 Å². The average Bonchev–Trinajstić information content (AvgIpc) is 3.19. The van der Waals surface area contributed by atoms with Crippen LogP contribution in [-0.4, -0.2) is 22.0 Å². The predicted octanol–water partition coefficient (Wildman–Crippen LogP) is 6.63. The normalized spacial score (nSPS) is 11.6. The number of anilines is 2. The van der Waals surface area contributed by atoms with Crippen molar-refractivity contribution in [2.75, 3.05) is 10.6 Å². The van der Waals surface area contributed by atoms with Gasteiger partial charge in [-0.1, -0.05) is 48.5 Å². The molecular formula is C26H22FN3O2S2. The van der Waals surface area contributed by atoms with Crippen LogP contribution < -0.4 is 10.6 Å². The lowest BCUT2D eigenvalue weighted by Gasteiger charge is -2.12. The minimum Gasteiger partial charge on any atom is -0.322 e. The van der Waals surface area contributed by atoms with E-state index in [-0.39, 0.29) is 11.5 Å². The smallest absolute Gasteiger partial charge is 0.258 e. The zero-order valence-electron chi connectivity index (χ0n) is 18.5. The number of rotatable bonds is 7. The van der Waals surface area contributed by atoms with Gasteiger partial charge in [-0.05, 0) is 44.2 Å². The Morgan fingerprint density at radius 3 is 2.47 bits per heavy atom. The van der Waals surface area contributed by atoms with Crippen LogP contribution >= 0.6 is 23.1 Å². The lowest BCUT2D eigenvalue weighted by molar-refractivity contribution is -0.115. The van der Waals surface area contributed by atoms with Crippen LogP contribution in [0.15, 0.2) is 83.8 Å². The van der Waals surface area contributed by atoms with Gasteiger partial charge >= 0.3 is 0 Å². The summed E-state index contributed by atoms with van der Waals surface area (Å²) in [5, 5.41) is 5.76. The first-order valence-electron chi connectivity index (χ1n) is 10.6. The zero-order valence-corrected chi connectivity index (χ0v) is 20.2. The maximum Gasteiger partial charge on any atom is 0.258 e. The SMILES string of the molecule is Cc1sc(NC(=O)C(C)Sc2cccc(NC(=O)c3ccccc3F)c2)nc1-c1ccccc1. The van der Waals surface area contributed by atoms with Gasteiger partial charge in [0.05, 0.1) is 16.5 Å². The third-order valence-corrected chi connectivity index (χ3v) is 6.95. The molecule has 0 aliphatic heterocycles. The van der Waals surface area contributed by atoms with Gasteiger partial charge in [0.25, 0.3) is 5.91 Å². The molecule has 4 aromatic rings. The highest BCUT2D eigenvalue weighted by atomic mass is 32.2. The summed E-state index contributed by atoms with van der Waals surface area (Å²) in [6, 6.07) is 22.8. The Balaban J connectivity index is 1.39. The van der Waals surface area contributed by atoms with E-state index in [1.54, 1.807) is 24.3 Å². The summed E-state index contributed by atoms with van der Waals surface area (Å²) in [6.07, 6.45) is 0. The van der Waals surface area contributed by atoms with Gasteiger partial charge in [-0.15, -0.1) is 23.1 Å². The van der Waals surface area contributed by atoms with E-state index in [2.05, 4.69) is 15.6 Å². The van der Waals surface area contributed by atoms with Gasteiger partial charge in [0.1, 0.15) is 5.82 Å². The summed E-state index contributed by atoms with van der Waals surface area (Å²) < 4.78 is 13.9. The average molecular weight is 492 g/mol. The monoisotopic (exact) mass is 491 g/mol. The fraction of sp³-hybridized carbons (Fsp3) is 0.115. The van der Waals surface area contributed by atoms with Crippen molar-refractivity contribution in [1.29, 1.82) is 0 Å². The molecule has 4 rings (SSSR count). The Morgan fingerprint density at radius 1 is 0.971 bits per heavy atom. The number of thioether (sulfide) groups is 1. The molecule has 3 aromatic carbocycles. The Hall–Kier alpha value is -3.49. The quantitative estimate of drug-likeness (QED) is 0.285. The number of hydrogen-bond acceptors (Lipinski definition) is 5. The van der Waals surface area contributed by atoms with E-state index in [9.17, 15) is 14.0 Å². The Bertz CT molecular complexity index is 1320. The van der Waals surface area contributed by atoms with Gasteiger partial charge in [0, 0.05) is 21.0 Å². The highest BCUT2D eigenvalue weighted by molar-refractivity contribution is 8.00. The molecule has 0 radical (unpaired) electrons. The molecule has 2 N–H and O–H groups in total. The number of carbonyl (C=O) groups excluding carboxylic acids is 2. The number of aromatic nitrogens is 1. The van der Waals surface area contributed by atoms with Crippen molar-refractivity contribution in [3.8, 4) is 11.3 Å². The standard InChI is InChI=1S/C26H22FN3O2S2/c1-16-23(18-9-4-3-5-10-18)29-26(34-16)30-24(31)17(2)33-20-12-8-11-19(15-20)28-25(32)21-13-6-7-14-22(21)27/h3-15,17H,1-2H3,(H,28,32)(H,29,30,31). The number of aryl methyl sites for hydroxylation is 1. The number of nitrogens with zero attached hydrogens (tertiary/aromatic N) is 1. The molecule has 1 unspecified atom stereocenters. The van der Waals surface area contributed by atoms with Crippen LogP contribution in [0, 0.1) is 12.7 Å². The number of benzene rings is 3. The third kappa shape index (κ3) is 5.70. The molecule has 0 fully saturated rings. The summed E-state index contributed by atoms with van der Waals surface area (Å²) in [6.45, 7) is 3.79. The molecule has 0 aliphatic carbocycles. The van der Waals surface area contributed by atoms with Crippen LogP contribution in [0.5, 0.6) is 0 Å². The fourth-order valence-corrected chi connectivity index (χ4v) is 5.03. The minimum absolute atomic E-state index is 0.0260. The molecule has 0 bridgehead atoms. The summed E-state index contributed by atoms with van der Waals surface area (Å²) in [4.78, 5) is 31.6. The molecule has 172 valence electrons. The Morgan fingerprint density at radius 2 is 1.71 bits per heavy atom. The Labute approximate surface area is 205 Å². The summed E-state index contributed by atoms with van der Waals surface area (Å²) >= 11 is 2.80. The number of halogens is 1. The molecule has 0 spiro atoms. The van der Waals surface area contributed by atoms with Gasteiger partial charge in [-0.3, -0.25) is 9.59 Å². The van der Waals surface area contributed by atoms with Gasteiger partial charge in [-0.2, -0.15) is 0 Å². The van der Waals surface area contributed by atoms with Crippen LogP contribution in [0.2, 0.25) is 0 Å². The maximum absolute atomic E-state index is 13.9. The van der Waals surface area contributed by atoms with E-state index in [0.717, 1.165) is 21.0 Å². The second-order valence-corrected chi connectivity index (χ2v) is 10.1. The molecule has 5 nitrogen and oxygen atoms in total. The largest absolute Gasteiger partial charge is 0.322 e. The number of amides is 2. The van der Waals surface area contributed by atoms with Crippen LogP contribution in [0.1, 0.15) is 22.2 Å². The van der Waals surface area contributed by atoms with Crippen LogP contribution in [0.25, 0.3) is 11.3 Å². The van der Waals surface area contributed by atoms with E-state index in [1.807, 2.05) is 50.2 Å². The highest BCUT2D eigenvalue weighted by Crippen LogP contribution is 2.31. The van der Waals surface area contributed by atoms with E-state index in [4.69, 9.17) is 0 Å². The van der Waals surface area contributed by atoms with Crippen LogP contribution in [0.4, 0.5) is 15.2 Å². The van der Waals surface area contributed by atoms with Crippen molar-refractivity contribution in [2.24, 2.45) is 0 Å². The maximum atomic E-state index is 13.9. The summed E-state index contributed by atoms with van der Waals surface area (Å²) in [7, 11) is 0. The van der Waals surface area contributed by atoms with Crippen molar-refractivity contribution in [3.05, 3.63) is 95.1 Å². The molecule has 0 saturated heterocycles. The highest BCUT2D eigenvalue weighted by Gasteiger charge is 2.18. The predicted molar refractivity (Wildman–Crippen MR) is 137 cm³/mol.